The Hall–Kier alpha value is -3.72. The zero-order valence-corrected chi connectivity index (χ0v) is 21.0. The van der Waals surface area contributed by atoms with Crippen LogP contribution < -0.4 is 5.32 Å². The van der Waals surface area contributed by atoms with Gasteiger partial charge in [-0.2, -0.15) is 0 Å². The lowest BCUT2D eigenvalue weighted by atomic mass is 9.90. The van der Waals surface area contributed by atoms with Crippen molar-refractivity contribution in [2.24, 2.45) is 0 Å². The lowest BCUT2D eigenvalue weighted by Gasteiger charge is -2.32. The number of carboxylic acids is 1. The van der Waals surface area contributed by atoms with Crippen LogP contribution in [0.3, 0.4) is 0 Å². The van der Waals surface area contributed by atoms with E-state index in [4.69, 9.17) is 4.74 Å². The third-order valence-corrected chi connectivity index (χ3v) is 6.59. The van der Waals surface area contributed by atoms with Gasteiger partial charge in [-0.05, 0) is 47.5 Å². The van der Waals surface area contributed by atoms with E-state index in [9.17, 15) is 23.9 Å². The van der Waals surface area contributed by atoms with Gasteiger partial charge in [0.15, 0.2) is 0 Å². The molecular weight excluding hydrogens is 483 g/mol. The minimum absolute atomic E-state index is 0.000689. The molecule has 0 radical (unpaired) electrons. The second kappa shape index (κ2) is 12.8. The minimum atomic E-state index is -1.17. The van der Waals surface area contributed by atoms with Gasteiger partial charge in [-0.25, -0.2) is 14.0 Å². The first kappa shape index (κ1) is 26.9. The molecule has 2 N–H and O–H groups in total. The molecule has 0 saturated carbocycles. The summed E-state index contributed by atoms with van der Waals surface area (Å²) in [6, 6.07) is 14.5. The zero-order valence-electron chi connectivity index (χ0n) is 20.2. The fourth-order valence-electron chi connectivity index (χ4n) is 4.00. The summed E-state index contributed by atoms with van der Waals surface area (Å²) in [7, 11) is 0. The fraction of sp³-hybridized carbons (Fsp3) is 0.296. The molecule has 7 nitrogen and oxygen atoms in total. The molecule has 2 amide bonds. The minimum Gasteiger partial charge on any atom is -0.478 e. The van der Waals surface area contributed by atoms with Crippen molar-refractivity contribution in [2.45, 2.75) is 39.2 Å². The quantitative estimate of drug-likeness (QED) is 0.400. The summed E-state index contributed by atoms with van der Waals surface area (Å²) in [5.74, 6) is -2.53. The van der Waals surface area contributed by atoms with Gasteiger partial charge < -0.3 is 20.1 Å². The number of hydrogen-bond acceptors (Lipinski definition) is 5. The molecule has 1 unspecified atom stereocenters. The van der Waals surface area contributed by atoms with Crippen LogP contribution in [0.4, 0.5) is 14.2 Å². The standard InChI is InChI=1S/C25H23FN2O5S.C2H6/c26-19-10-4-8-17(12-19)22(29)27-23-21(24(30)31)20(15-34-23)18-9-5-11-28(13-18)25(32)33-14-16-6-2-1-3-7-16;1-2/h1-4,6-8,10,12,15,18H,5,9,11,13-14H2,(H,27,29)(H,30,31);1-2H3. The van der Waals surface area contributed by atoms with Crippen molar-refractivity contribution in [1.82, 2.24) is 4.90 Å². The van der Waals surface area contributed by atoms with Gasteiger partial charge in [0.05, 0.1) is 5.56 Å². The van der Waals surface area contributed by atoms with E-state index >= 15 is 0 Å². The number of carboxylic acid groups (broad SMARTS) is 1. The highest BCUT2D eigenvalue weighted by Gasteiger charge is 2.31. The van der Waals surface area contributed by atoms with Gasteiger partial charge in [-0.1, -0.05) is 50.2 Å². The number of thiophene rings is 1. The molecule has 1 atom stereocenters. The first-order chi connectivity index (χ1) is 17.4. The van der Waals surface area contributed by atoms with E-state index in [-0.39, 0.29) is 28.7 Å². The molecule has 2 aromatic carbocycles. The van der Waals surface area contributed by atoms with Crippen molar-refractivity contribution in [3.63, 3.8) is 0 Å². The van der Waals surface area contributed by atoms with Crippen LogP contribution in [-0.2, 0) is 11.3 Å². The van der Waals surface area contributed by atoms with E-state index in [0.29, 0.717) is 31.5 Å². The van der Waals surface area contributed by atoms with E-state index in [0.717, 1.165) is 23.0 Å². The molecule has 190 valence electrons. The molecule has 0 aliphatic carbocycles. The number of likely N-dealkylation sites (tertiary alicyclic amines) is 1. The number of benzene rings is 2. The van der Waals surface area contributed by atoms with Crippen molar-refractivity contribution in [2.75, 3.05) is 18.4 Å². The van der Waals surface area contributed by atoms with Crippen LogP contribution in [-0.4, -0.2) is 41.1 Å². The van der Waals surface area contributed by atoms with Gasteiger partial charge >= 0.3 is 12.1 Å². The highest BCUT2D eigenvalue weighted by molar-refractivity contribution is 7.15. The number of amides is 2. The van der Waals surface area contributed by atoms with Gasteiger partial charge in [-0.3, -0.25) is 4.79 Å². The Balaban J connectivity index is 0.00000176. The van der Waals surface area contributed by atoms with Gasteiger partial charge in [-0.15, -0.1) is 11.3 Å². The summed E-state index contributed by atoms with van der Waals surface area (Å²) in [4.78, 5) is 38.8. The molecule has 1 aliphatic heterocycles. The number of nitrogens with one attached hydrogen (secondary N) is 1. The van der Waals surface area contributed by atoms with Crippen molar-refractivity contribution in [1.29, 1.82) is 0 Å². The molecule has 3 aromatic rings. The van der Waals surface area contributed by atoms with Crippen LogP contribution in [0.1, 0.15) is 64.4 Å². The Morgan fingerprint density at radius 3 is 2.58 bits per heavy atom. The number of carbonyl (C=O) groups excluding carboxylic acids is 2. The van der Waals surface area contributed by atoms with Crippen LogP contribution in [0.5, 0.6) is 0 Å². The molecule has 0 bridgehead atoms. The lowest BCUT2D eigenvalue weighted by molar-refractivity contribution is 0.0695. The van der Waals surface area contributed by atoms with Crippen LogP contribution >= 0.6 is 11.3 Å². The second-order valence-corrected chi connectivity index (χ2v) is 8.87. The predicted octanol–water partition coefficient (Wildman–Crippen LogP) is 6.38. The molecule has 1 saturated heterocycles. The summed E-state index contributed by atoms with van der Waals surface area (Å²) in [5.41, 5.74) is 1.54. The molecular formula is C27H29FN2O5S. The lowest BCUT2D eigenvalue weighted by Crippen LogP contribution is -2.39. The second-order valence-electron chi connectivity index (χ2n) is 7.99. The van der Waals surface area contributed by atoms with Gasteiger partial charge in [0.2, 0.25) is 0 Å². The first-order valence-electron chi connectivity index (χ1n) is 11.8. The number of nitrogens with zero attached hydrogens (tertiary/aromatic N) is 1. The largest absolute Gasteiger partial charge is 0.478 e. The number of halogens is 1. The van der Waals surface area contributed by atoms with Crippen molar-refractivity contribution in [3.05, 3.63) is 88.0 Å². The Kier molecular flexibility index (Phi) is 9.58. The van der Waals surface area contributed by atoms with Crippen molar-refractivity contribution >= 4 is 34.3 Å². The molecule has 4 rings (SSSR count). The molecule has 1 fully saturated rings. The van der Waals surface area contributed by atoms with E-state index in [1.807, 2.05) is 44.2 Å². The summed E-state index contributed by atoms with van der Waals surface area (Å²) in [6.07, 6.45) is 0.960. The predicted molar refractivity (Wildman–Crippen MR) is 137 cm³/mol. The number of anilines is 1. The number of rotatable bonds is 6. The SMILES string of the molecule is CC.O=C(Nc1scc(C2CCCN(C(=O)OCc3ccccc3)C2)c1C(=O)O)c1cccc(F)c1. The number of aromatic carboxylic acids is 1. The van der Waals surface area contributed by atoms with Gasteiger partial charge in [0.25, 0.3) is 5.91 Å². The number of ether oxygens (including phenoxy) is 1. The highest BCUT2D eigenvalue weighted by atomic mass is 32.1. The van der Waals surface area contributed by atoms with Crippen LogP contribution in [0, 0.1) is 5.82 Å². The van der Waals surface area contributed by atoms with Crippen LogP contribution in [0.15, 0.2) is 60.0 Å². The van der Waals surface area contributed by atoms with Crippen LogP contribution in [0.25, 0.3) is 0 Å². The summed E-state index contributed by atoms with van der Waals surface area (Å²) in [6.45, 7) is 5.01. The van der Waals surface area contributed by atoms with E-state index in [1.54, 1.807) is 10.3 Å². The normalized spacial score (nSPS) is 14.9. The maximum Gasteiger partial charge on any atom is 0.410 e. The average molecular weight is 513 g/mol. The maximum atomic E-state index is 13.5. The number of hydrogen-bond donors (Lipinski definition) is 2. The monoisotopic (exact) mass is 512 g/mol. The number of carbonyl (C=O) groups is 3. The highest BCUT2D eigenvalue weighted by Crippen LogP contribution is 2.37. The third kappa shape index (κ3) is 6.69. The summed E-state index contributed by atoms with van der Waals surface area (Å²) >= 11 is 1.10. The average Bonchev–Trinajstić information content (AvgIpc) is 3.33. The Morgan fingerprint density at radius 1 is 1.14 bits per heavy atom. The fourth-order valence-corrected chi connectivity index (χ4v) is 5.03. The topological polar surface area (TPSA) is 95.9 Å². The molecule has 0 spiro atoms. The Labute approximate surface area is 213 Å². The third-order valence-electron chi connectivity index (χ3n) is 5.67. The Morgan fingerprint density at radius 2 is 1.89 bits per heavy atom. The van der Waals surface area contributed by atoms with Gasteiger partial charge in [0.1, 0.15) is 17.4 Å². The summed E-state index contributed by atoms with van der Waals surface area (Å²) < 4.78 is 18.9. The summed E-state index contributed by atoms with van der Waals surface area (Å²) in [5, 5.41) is 14.3. The van der Waals surface area contributed by atoms with Crippen LogP contribution in [0.2, 0.25) is 0 Å². The zero-order chi connectivity index (χ0) is 26.1. The number of piperidine rings is 1. The van der Waals surface area contributed by atoms with E-state index < -0.39 is 23.8 Å². The molecule has 9 heteroatoms. The molecule has 36 heavy (non-hydrogen) atoms. The molecule has 1 aromatic heterocycles. The van der Waals surface area contributed by atoms with E-state index in [2.05, 4.69) is 5.32 Å². The smallest absolute Gasteiger partial charge is 0.410 e. The Bertz CT molecular complexity index is 1200. The van der Waals surface area contributed by atoms with Crippen molar-refractivity contribution in [3.8, 4) is 0 Å². The van der Waals surface area contributed by atoms with Gasteiger partial charge in [0, 0.05) is 24.6 Å². The van der Waals surface area contributed by atoms with E-state index in [1.165, 1.54) is 18.2 Å². The first-order valence-corrected chi connectivity index (χ1v) is 12.7. The molecule has 2 heterocycles. The molecule has 1 aliphatic rings. The maximum absolute atomic E-state index is 13.5. The van der Waals surface area contributed by atoms with Crippen molar-refractivity contribution < 1.29 is 28.6 Å².